The van der Waals surface area contributed by atoms with Crippen molar-refractivity contribution < 1.29 is 9.53 Å². The molecule has 1 aliphatic heterocycles. The molecule has 138 valence electrons. The lowest BCUT2D eigenvalue weighted by Gasteiger charge is -2.26. The van der Waals surface area contributed by atoms with Crippen LogP contribution < -0.4 is 5.32 Å². The molecule has 0 bridgehead atoms. The van der Waals surface area contributed by atoms with Gasteiger partial charge in [-0.3, -0.25) is 9.69 Å². The Labute approximate surface area is 156 Å². The summed E-state index contributed by atoms with van der Waals surface area (Å²) < 4.78 is 5.38. The molecular formula is C22H28N2O2. The second-order valence-corrected chi connectivity index (χ2v) is 7.00. The predicted molar refractivity (Wildman–Crippen MR) is 104 cm³/mol. The van der Waals surface area contributed by atoms with Gasteiger partial charge in [0.2, 0.25) is 5.91 Å². The summed E-state index contributed by atoms with van der Waals surface area (Å²) in [5, 5.41) is 3.03. The van der Waals surface area contributed by atoms with E-state index in [1.807, 2.05) is 18.2 Å². The van der Waals surface area contributed by atoms with Gasteiger partial charge in [0.1, 0.15) is 0 Å². The van der Waals surface area contributed by atoms with Crippen molar-refractivity contribution in [1.29, 1.82) is 0 Å². The Hall–Kier alpha value is -2.17. The lowest BCUT2D eigenvalue weighted by Crippen LogP contribution is -2.35. The highest BCUT2D eigenvalue weighted by atomic mass is 16.5. The molecule has 1 heterocycles. The molecule has 1 saturated heterocycles. The fraction of sp³-hybridized carbons (Fsp3) is 0.409. The van der Waals surface area contributed by atoms with Gasteiger partial charge in [0.05, 0.1) is 13.2 Å². The second-order valence-electron chi connectivity index (χ2n) is 7.00. The van der Waals surface area contributed by atoms with E-state index in [1.54, 1.807) is 0 Å². The summed E-state index contributed by atoms with van der Waals surface area (Å²) in [6.45, 7) is 7.28. The van der Waals surface area contributed by atoms with E-state index >= 15 is 0 Å². The Bertz CT molecular complexity index is 679. The Morgan fingerprint density at radius 1 is 1.04 bits per heavy atom. The summed E-state index contributed by atoms with van der Waals surface area (Å²) in [5.74, 6) is 0.325. The Balaban J connectivity index is 1.43. The number of benzene rings is 2. The molecule has 26 heavy (non-hydrogen) atoms. The smallest absolute Gasteiger partial charge is 0.220 e. The number of amides is 1. The maximum Gasteiger partial charge on any atom is 0.220 e. The zero-order valence-electron chi connectivity index (χ0n) is 15.5. The van der Waals surface area contributed by atoms with Crippen molar-refractivity contribution in [1.82, 2.24) is 10.2 Å². The van der Waals surface area contributed by atoms with Crippen molar-refractivity contribution in [3.63, 3.8) is 0 Å². The van der Waals surface area contributed by atoms with Gasteiger partial charge in [0.25, 0.3) is 0 Å². The fourth-order valence-corrected chi connectivity index (χ4v) is 3.23. The van der Waals surface area contributed by atoms with E-state index < -0.39 is 0 Å². The van der Waals surface area contributed by atoms with Crippen LogP contribution in [0.3, 0.4) is 0 Å². The minimum atomic E-state index is 0.0961. The van der Waals surface area contributed by atoms with E-state index in [0.717, 1.165) is 38.4 Å². The highest BCUT2D eigenvalue weighted by Crippen LogP contribution is 2.18. The molecule has 1 fully saturated rings. The van der Waals surface area contributed by atoms with Gasteiger partial charge in [-0.25, -0.2) is 0 Å². The van der Waals surface area contributed by atoms with Crippen LogP contribution in [0.15, 0.2) is 54.6 Å². The van der Waals surface area contributed by atoms with Crippen molar-refractivity contribution in [2.45, 2.75) is 32.4 Å². The minimum Gasteiger partial charge on any atom is -0.379 e. The van der Waals surface area contributed by atoms with Crippen molar-refractivity contribution in [2.75, 3.05) is 26.3 Å². The molecular weight excluding hydrogens is 324 g/mol. The number of rotatable bonds is 7. The second kappa shape index (κ2) is 9.51. The average molecular weight is 352 g/mol. The van der Waals surface area contributed by atoms with Gasteiger partial charge in [-0.2, -0.15) is 0 Å². The molecule has 1 atom stereocenters. The van der Waals surface area contributed by atoms with E-state index in [-0.39, 0.29) is 11.8 Å². The van der Waals surface area contributed by atoms with Crippen molar-refractivity contribution in [3.05, 3.63) is 71.3 Å². The first-order valence-electron chi connectivity index (χ1n) is 9.40. The van der Waals surface area contributed by atoms with Crippen molar-refractivity contribution >= 4 is 5.91 Å². The van der Waals surface area contributed by atoms with Crippen molar-refractivity contribution in [3.8, 4) is 0 Å². The number of morpholine rings is 1. The lowest BCUT2D eigenvalue weighted by atomic mass is 9.97. The van der Waals surface area contributed by atoms with Crippen LogP contribution in [0.25, 0.3) is 0 Å². The monoisotopic (exact) mass is 352 g/mol. The first-order valence-corrected chi connectivity index (χ1v) is 9.40. The molecule has 0 aliphatic carbocycles. The summed E-state index contributed by atoms with van der Waals surface area (Å²) in [7, 11) is 0. The third-order valence-corrected chi connectivity index (χ3v) is 4.88. The van der Waals surface area contributed by atoms with Gasteiger partial charge < -0.3 is 10.1 Å². The summed E-state index contributed by atoms with van der Waals surface area (Å²) in [6, 6.07) is 18.7. The van der Waals surface area contributed by atoms with Crippen LogP contribution in [-0.2, 0) is 22.6 Å². The van der Waals surface area contributed by atoms with Gasteiger partial charge in [-0.05, 0) is 22.6 Å². The number of carbonyl (C=O) groups excluding carboxylic acids is 1. The molecule has 2 aromatic carbocycles. The molecule has 0 saturated carbocycles. The van der Waals surface area contributed by atoms with E-state index in [9.17, 15) is 4.79 Å². The first-order chi connectivity index (χ1) is 12.7. The molecule has 0 spiro atoms. The summed E-state index contributed by atoms with van der Waals surface area (Å²) in [6.07, 6.45) is 0.513. The van der Waals surface area contributed by atoms with Gasteiger partial charge in [-0.1, -0.05) is 61.5 Å². The Kier molecular flexibility index (Phi) is 6.81. The third kappa shape index (κ3) is 5.68. The number of carbonyl (C=O) groups is 1. The summed E-state index contributed by atoms with van der Waals surface area (Å²) in [4.78, 5) is 14.6. The fourth-order valence-electron chi connectivity index (χ4n) is 3.23. The number of nitrogens with zero attached hydrogens (tertiary/aromatic N) is 1. The van der Waals surface area contributed by atoms with Crippen LogP contribution >= 0.6 is 0 Å². The number of ether oxygens (including phenoxy) is 1. The molecule has 0 unspecified atom stereocenters. The minimum absolute atomic E-state index is 0.0961. The lowest BCUT2D eigenvalue weighted by molar-refractivity contribution is -0.121. The van der Waals surface area contributed by atoms with E-state index in [1.165, 1.54) is 11.1 Å². The Morgan fingerprint density at radius 2 is 1.69 bits per heavy atom. The van der Waals surface area contributed by atoms with Gasteiger partial charge in [0.15, 0.2) is 0 Å². The largest absolute Gasteiger partial charge is 0.379 e. The van der Waals surface area contributed by atoms with Crippen LogP contribution in [0.5, 0.6) is 0 Å². The standard InChI is InChI=1S/C22H28N2O2/c1-18(21-5-3-2-4-6-21)15-22(25)23-16-19-7-9-20(10-8-19)17-24-11-13-26-14-12-24/h2-10,18H,11-17H2,1H3,(H,23,25)/t18-/m0/s1. The quantitative estimate of drug-likeness (QED) is 0.831. The zero-order chi connectivity index (χ0) is 18.2. The first kappa shape index (κ1) is 18.6. The van der Waals surface area contributed by atoms with Crippen molar-refractivity contribution in [2.24, 2.45) is 0 Å². The molecule has 0 aromatic heterocycles. The van der Waals surface area contributed by atoms with Gasteiger partial charge >= 0.3 is 0 Å². The van der Waals surface area contributed by atoms with Crippen LogP contribution in [0.2, 0.25) is 0 Å². The Morgan fingerprint density at radius 3 is 2.38 bits per heavy atom. The molecule has 1 amide bonds. The molecule has 1 N–H and O–H groups in total. The zero-order valence-corrected chi connectivity index (χ0v) is 15.5. The predicted octanol–water partition coefficient (Wildman–Crippen LogP) is 3.33. The maximum absolute atomic E-state index is 12.2. The highest BCUT2D eigenvalue weighted by Gasteiger charge is 2.12. The number of nitrogens with one attached hydrogen (secondary N) is 1. The molecule has 3 rings (SSSR count). The summed E-state index contributed by atoms with van der Waals surface area (Å²) >= 11 is 0. The highest BCUT2D eigenvalue weighted by molar-refractivity contribution is 5.76. The van der Waals surface area contributed by atoms with Gasteiger partial charge in [-0.15, -0.1) is 0 Å². The van der Waals surface area contributed by atoms with Crippen LogP contribution in [-0.4, -0.2) is 37.1 Å². The SMILES string of the molecule is C[C@@H](CC(=O)NCc1ccc(CN2CCOCC2)cc1)c1ccccc1. The number of hydrogen-bond acceptors (Lipinski definition) is 3. The van der Waals surface area contributed by atoms with E-state index in [0.29, 0.717) is 13.0 Å². The normalized spacial score (nSPS) is 16.2. The van der Waals surface area contributed by atoms with E-state index in [2.05, 4.69) is 53.5 Å². The summed E-state index contributed by atoms with van der Waals surface area (Å²) in [5.41, 5.74) is 3.64. The number of hydrogen-bond donors (Lipinski definition) is 1. The topological polar surface area (TPSA) is 41.6 Å². The molecule has 0 radical (unpaired) electrons. The molecule has 2 aromatic rings. The molecule has 4 nitrogen and oxygen atoms in total. The maximum atomic E-state index is 12.2. The third-order valence-electron chi connectivity index (χ3n) is 4.88. The molecule has 4 heteroatoms. The van der Waals surface area contributed by atoms with Crippen LogP contribution in [0.4, 0.5) is 0 Å². The van der Waals surface area contributed by atoms with Gasteiger partial charge in [0, 0.05) is 32.6 Å². The molecule has 1 aliphatic rings. The van der Waals surface area contributed by atoms with Crippen LogP contribution in [0, 0.1) is 0 Å². The average Bonchev–Trinajstić information content (AvgIpc) is 2.69. The van der Waals surface area contributed by atoms with Crippen LogP contribution in [0.1, 0.15) is 36.0 Å². The van der Waals surface area contributed by atoms with E-state index in [4.69, 9.17) is 4.74 Å².